The average Bonchev–Trinajstić information content (AvgIpc) is 2.85. The minimum absolute atomic E-state index is 0.672. The Bertz CT molecular complexity index is 516. The van der Waals surface area contributed by atoms with Crippen molar-refractivity contribution >= 4 is 28.2 Å². The van der Waals surface area contributed by atoms with Crippen molar-refractivity contribution in [3.05, 3.63) is 29.8 Å². The maximum Gasteiger partial charge on any atom is 0.206 e. The van der Waals surface area contributed by atoms with Gasteiger partial charge in [-0.15, -0.1) is 10.2 Å². The number of ether oxygens (including phenoxy) is 1. The lowest BCUT2D eigenvalue weighted by Gasteiger charge is -2.07. The fourth-order valence-electron chi connectivity index (χ4n) is 1.49. The predicted octanol–water partition coefficient (Wildman–Crippen LogP) is 3.45. The number of anilines is 1. The molecule has 1 aromatic carbocycles. The van der Waals surface area contributed by atoms with E-state index in [0.717, 1.165) is 33.1 Å². The highest BCUT2D eigenvalue weighted by Crippen LogP contribution is 2.25. The van der Waals surface area contributed by atoms with Crippen LogP contribution in [0.4, 0.5) is 5.13 Å². The summed E-state index contributed by atoms with van der Waals surface area (Å²) in [4.78, 5) is 0. The number of benzene rings is 1. The molecule has 1 heterocycles. The summed E-state index contributed by atoms with van der Waals surface area (Å²) in [5.41, 5.74) is 1.16. The fourth-order valence-corrected chi connectivity index (χ4v) is 3.20. The highest BCUT2D eigenvalue weighted by atomic mass is 32.2. The number of aromatic nitrogens is 2. The van der Waals surface area contributed by atoms with Crippen molar-refractivity contribution in [2.24, 2.45) is 0 Å². The van der Waals surface area contributed by atoms with Crippen molar-refractivity contribution in [2.45, 2.75) is 18.2 Å². The van der Waals surface area contributed by atoms with E-state index in [1.54, 1.807) is 23.1 Å². The van der Waals surface area contributed by atoms with Crippen molar-refractivity contribution in [3.8, 4) is 5.75 Å². The summed E-state index contributed by atoms with van der Waals surface area (Å²) in [6.45, 7) is 5.64. The Balaban J connectivity index is 1.73. The molecule has 0 saturated carbocycles. The third-order valence-corrected chi connectivity index (χ3v) is 4.37. The Kier molecular flexibility index (Phi) is 5.47. The van der Waals surface area contributed by atoms with E-state index in [-0.39, 0.29) is 0 Å². The lowest BCUT2D eigenvalue weighted by molar-refractivity contribution is 0.341. The van der Waals surface area contributed by atoms with Crippen LogP contribution >= 0.6 is 23.1 Å². The summed E-state index contributed by atoms with van der Waals surface area (Å²) in [6.07, 6.45) is 0. The van der Waals surface area contributed by atoms with Crippen molar-refractivity contribution in [2.75, 3.05) is 24.2 Å². The number of hydrogen-bond donors (Lipinski definition) is 1. The molecule has 2 rings (SSSR count). The first-order valence-electron chi connectivity index (χ1n) is 6.18. The Labute approximate surface area is 121 Å². The highest BCUT2D eigenvalue weighted by molar-refractivity contribution is 8.01. The first-order valence-corrected chi connectivity index (χ1v) is 7.98. The topological polar surface area (TPSA) is 47.0 Å². The molecule has 0 spiro atoms. The molecule has 0 bridgehead atoms. The molecule has 0 fully saturated rings. The van der Waals surface area contributed by atoms with Gasteiger partial charge in [-0.3, -0.25) is 0 Å². The number of para-hydroxylation sites is 1. The van der Waals surface area contributed by atoms with Crippen LogP contribution in [0.3, 0.4) is 0 Å². The van der Waals surface area contributed by atoms with Gasteiger partial charge in [0, 0.05) is 12.3 Å². The second kappa shape index (κ2) is 7.35. The lowest BCUT2D eigenvalue weighted by Crippen LogP contribution is -2.01. The summed E-state index contributed by atoms with van der Waals surface area (Å²) in [5.74, 6) is 1.82. The van der Waals surface area contributed by atoms with Gasteiger partial charge in [0.1, 0.15) is 5.75 Å². The zero-order valence-electron chi connectivity index (χ0n) is 11.0. The third-order valence-electron chi connectivity index (χ3n) is 2.39. The molecule has 6 heteroatoms. The van der Waals surface area contributed by atoms with E-state index in [1.165, 1.54) is 0 Å². The van der Waals surface area contributed by atoms with Gasteiger partial charge >= 0.3 is 0 Å². The van der Waals surface area contributed by atoms with Gasteiger partial charge in [-0.05, 0) is 25.5 Å². The van der Waals surface area contributed by atoms with Gasteiger partial charge < -0.3 is 10.1 Å². The summed E-state index contributed by atoms with van der Waals surface area (Å²) in [5, 5.41) is 12.2. The van der Waals surface area contributed by atoms with Gasteiger partial charge in [0.15, 0.2) is 4.34 Å². The van der Waals surface area contributed by atoms with E-state index < -0.39 is 0 Å². The molecule has 0 aliphatic rings. The lowest BCUT2D eigenvalue weighted by atomic mass is 10.2. The Morgan fingerprint density at radius 1 is 1.32 bits per heavy atom. The summed E-state index contributed by atoms with van der Waals surface area (Å²) in [6, 6.07) is 8.05. The molecule has 2 aromatic rings. The molecule has 4 nitrogen and oxygen atoms in total. The Hall–Kier alpha value is -1.27. The number of nitrogens with zero attached hydrogens (tertiary/aromatic N) is 2. The highest BCUT2D eigenvalue weighted by Gasteiger charge is 2.04. The largest absolute Gasteiger partial charge is 0.492 e. The number of aryl methyl sites for hydroxylation is 1. The van der Waals surface area contributed by atoms with Crippen LogP contribution in [0.5, 0.6) is 5.75 Å². The molecule has 1 N–H and O–H groups in total. The van der Waals surface area contributed by atoms with Crippen LogP contribution in [0.2, 0.25) is 0 Å². The SMILES string of the molecule is CCNc1nnc(SCCOc2ccccc2C)s1. The van der Waals surface area contributed by atoms with E-state index in [1.807, 2.05) is 25.1 Å². The number of rotatable bonds is 7. The maximum atomic E-state index is 5.73. The molecule has 0 radical (unpaired) electrons. The molecule has 0 atom stereocenters. The van der Waals surface area contributed by atoms with Gasteiger partial charge in [-0.25, -0.2) is 0 Å². The van der Waals surface area contributed by atoms with Crippen molar-refractivity contribution in [3.63, 3.8) is 0 Å². The summed E-state index contributed by atoms with van der Waals surface area (Å²) < 4.78 is 6.71. The average molecular weight is 295 g/mol. The fraction of sp³-hybridized carbons (Fsp3) is 0.385. The number of nitrogens with one attached hydrogen (secondary N) is 1. The van der Waals surface area contributed by atoms with Crippen molar-refractivity contribution < 1.29 is 4.74 Å². The van der Waals surface area contributed by atoms with Crippen molar-refractivity contribution in [1.29, 1.82) is 0 Å². The Morgan fingerprint density at radius 2 is 2.16 bits per heavy atom. The minimum atomic E-state index is 0.672. The molecule has 0 saturated heterocycles. The van der Waals surface area contributed by atoms with Crippen LogP contribution < -0.4 is 10.1 Å². The van der Waals surface area contributed by atoms with E-state index in [9.17, 15) is 0 Å². The quantitative estimate of drug-likeness (QED) is 0.626. The molecule has 0 unspecified atom stereocenters. The number of hydrogen-bond acceptors (Lipinski definition) is 6. The Morgan fingerprint density at radius 3 is 2.95 bits per heavy atom. The van der Waals surface area contributed by atoms with E-state index >= 15 is 0 Å². The standard InChI is InChI=1S/C13H17N3OS2/c1-3-14-12-15-16-13(19-12)18-9-8-17-11-7-5-4-6-10(11)2/h4-7H,3,8-9H2,1-2H3,(H,14,15). The zero-order valence-corrected chi connectivity index (χ0v) is 12.7. The third kappa shape index (κ3) is 4.40. The second-order valence-corrected chi connectivity index (χ2v) is 6.19. The summed E-state index contributed by atoms with van der Waals surface area (Å²) >= 11 is 3.25. The van der Waals surface area contributed by atoms with Crippen LogP contribution in [-0.4, -0.2) is 29.1 Å². The molecule has 0 aliphatic carbocycles. The van der Waals surface area contributed by atoms with Crippen LogP contribution in [0.25, 0.3) is 0 Å². The molecule has 1 aromatic heterocycles. The van der Waals surface area contributed by atoms with E-state index in [0.29, 0.717) is 6.61 Å². The van der Waals surface area contributed by atoms with Gasteiger partial charge in [-0.1, -0.05) is 41.3 Å². The second-order valence-electron chi connectivity index (χ2n) is 3.87. The van der Waals surface area contributed by atoms with Gasteiger partial charge in [0.25, 0.3) is 0 Å². The smallest absolute Gasteiger partial charge is 0.206 e. The molecule has 0 amide bonds. The van der Waals surface area contributed by atoms with Gasteiger partial charge in [-0.2, -0.15) is 0 Å². The molecule has 0 aliphatic heterocycles. The molecule has 19 heavy (non-hydrogen) atoms. The number of thioether (sulfide) groups is 1. The van der Waals surface area contributed by atoms with Crippen LogP contribution in [0.1, 0.15) is 12.5 Å². The normalized spacial score (nSPS) is 10.4. The van der Waals surface area contributed by atoms with E-state index in [2.05, 4.69) is 28.5 Å². The molecular weight excluding hydrogens is 278 g/mol. The first-order chi connectivity index (χ1) is 9.29. The summed E-state index contributed by atoms with van der Waals surface area (Å²) in [7, 11) is 0. The minimum Gasteiger partial charge on any atom is -0.492 e. The zero-order chi connectivity index (χ0) is 13.5. The van der Waals surface area contributed by atoms with Crippen LogP contribution in [0.15, 0.2) is 28.6 Å². The van der Waals surface area contributed by atoms with Crippen LogP contribution in [-0.2, 0) is 0 Å². The molecular formula is C13H17N3OS2. The van der Waals surface area contributed by atoms with Gasteiger partial charge in [0.05, 0.1) is 6.61 Å². The maximum absolute atomic E-state index is 5.73. The van der Waals surface area contributed by atoms with E-state index in [4.69, 9.17) is 4.74 Å². The van der Waals surface area contributed by atoms with Gasteiger partial charge in [0.2, 0.25) is 5.13 Å². The predicted molar refractivity (Wildman–Crippen MR) is 81.5 cm³/mol. The monoisotopic (exact) mass is 295 g/mol. The molecule has 102 valence electrons. The van der Waals surface area contributed by atoms with Crippen LogP contribution in [0, 0.1) is 6.92 Å². The first kappa shape index (κ1) is 14.1. The van der Waals surface area contributed by atoms with Crippen molar-refractivity contribution in [1.82, 2.24) is 10.2 Å².